The summed E-state index contributed by atoms with van der Waals surface area (Å²) in [6.45, 7) is 8.16. The van der Waals surface area contributed by atoms with Crippen LogP contribution in [0.2, 0.25) is 0 Å². The number of piperazine rings is 1. The second kappa shape index (κ2) is 13.1. The van der Waals surface area contributed by atoms with E-state index in [2.05, 4.69) is 42.9 Å². The van der Waals surface area contributed by atoms with E-state index in [-0.39, 0.29) is 36.0 Å². The molecule has 0 unspecified atom stereocenters. The first-order valence-electron chi connectivity index (χ1n) is 11.0. The van der Waals surface area contributed by atoms with Crippen LogP contribution in [0.25, 0.3) is 0 Å². The lowest BCUT2D eigenvalue weighted by Crippen LogP contribution is -2.52. The maximum Gasteiger partial charge on any atom is 0.319 e. The van der Waals surface area contributed by atoms with E-state index in [9.17, 15) is 4.79 Å². The molecule has 0 aliphatic carbocycles. The highest BCUT2D eigenvalue weighted by atomic mass is 127. The lowest BCUT2D eigenvalue weighted by atomic mass is 10.2. The summed E-state index contributed by atoms with van der Waals surface area (Å²) in [5.74, 6) is 1.78. The molecule has 180 valence electrons. The monoisotopic (exact) mass is 566 g/mol. The van der Waals surface area contributed by atoms with Crippen molar-refractivity contribution in [1.82, 2.24) is 15.5 Å². The highest BCUT2D eigenvalue weighted by Crippen LogP contribution is 2.22. The molecule has 8 nitrogen and oxygen atoms in total. The Kier molecular flexibility index (Phi) is 10.6. The van der Waals surface area contributed by atoms with E-state index >= 15 is 0 Å². The molecule has 1 fully saturated rings. The van der Waals surface area contributed by atoms with Gasteiger partial charge in [-0.05, 0) is 43.7 Å². The standard InChI is InChI=1S/C24H34N6O2.HI/c1-18(2)27-24(31)28-20-10-8-19(9-11-20)17-26-23(25-3)30-14-12-29(13-15-30)21-6-5-7-22(16-21)32-4;/h5-11,16,18H,12-15,17H2,1-4H3,(H,25,26)(H2,27,28,31);1H. The SMILES string of the molecule is CN=C(NCc1ccc(NC(=O)NC(C)C)cc1)N1CCN(c2cccc(OC)c2)CC1.I. The molecule has 1 heterocycles. The van der Waals surface area contributed by atoms with Gasteiger partial charge < -0.3 is 30.5 Å². The summed E-state index contributed by atoms with van der Waals surface area (Å²) in [5, 5.41) is 9.11. The number of carbonyl (C=O) groups excluding carboxylic acids is 1. The fourth-order valence-electron chi connectivity index (χ4n) is 3.63. The molecule has 1 aliphatic rings. The molecule has 33 heavy (non-hydrogen) atoms. The molecule has 2 amide bonds. The molecular weight excluding hydrogens is 531 g/mol. The van der Waals surface area contributed by atoms with Crippen molar-refractivity contribution < 1.29 is 9.53 Å². The molecule has 0 saturated carbocycles. The number of halogens is 1. The lowest BCUT2D eigenvalue weighted by molar-refractivity contribution is 0.250. The third kappa shape index (κ3) is 7.99. The van der Waals surface area contributed by atoms with Crippen molar-refractivity contribution in [3.05, 3.63) is 54.1 Å². The smallest absolute Gasteiger partial charge is 0.319 e. The third-order valence-electron chi connectivity index (χ3n) is 5.29. The molecule has 1 saturated heterocycles. The number of amides is 2. The van der Waals surface area contributed by atoms with Crippen LogP contribution in [-0.2, 0) is 6.54 Å². The molecule has 3 rings (SSSR count). The van der Waals surface area contributed by atoms with Gasteiger partial charge in [-0.15, -0.1) is 24.0 Å². The molecule has 1 aliphatic heterocycles. The van der Waals surface area contributed by atoms with E-state index in [4.69, 9.17) is 4.74 Å². The summed E-state index contributed by atoms with van der Waals surface area (Å²) in [5.41, 5.74) is 3.07. The normalized spacial score (nSPS) is 13.9. The van der Waals surface area contributed by atoms with E-state index in [0.717, 1.165) is 49.1 Å². The van der Waals surface area contributed by atoms with Crippen LogP contribution in [0.1, 0.15) is 19.4 Å². The fourth-order valence-corrected chi connectivity index (χ4v) is 3.63. The zero-order valence-corrected chi connectivity index (χ0v) is 22.1. The molecule has 9 heteroatoms. The zero-order chi connectivity index (χ0) is 22.9. The summed E-state index contributed by atoms with van der Waals surface area (Å²) in [4.78, 5) is 20.9. The van der Waals surface area contributed by atoms with Crippen LogP contribution < -0.4 is 25.6 Å². The number of aliphatic imine (C=N–C) groups is 1. The molecule has 0 spiro atoms. The molecule has 3 N–H and O–H groups in total. The minimum Gasteiger partial charge on any atom is -0.497 e. The van der Waals surface area contributed by atoms with Crippen LogP contribution in [0, 0.1) is 0 Å². The summed E-state index contributed by atoms with van der Waals surface area (Å²) in [7, 11) is 3.51. The van der Waals surface area contributed by atoms with Crippen LogP contribution in [0.15, 0.2) is 53.5 Å². The third-order valence-corrected chi connectivity index (χ3v) is 5.29. The summed E-state index contributed by atoms with van der Waals surface area (Å²) in [6.07, 6.45) is 0. The van der Waals surface area contributed by atoms with Gasteiger partial charge in [0.1, 0.15) is 5.75 Å². The number of ether oxygens (including phenoxy) is 1. The molecular formula is C24H35IN6O2. The van der Waals surface area contributed by atoms with Gasteiger partial charge in [-0.2, -0.15) is 0 Å². The van der Waals surface area contributed by atoms with Gasteiger partial charge >= 0.3 is 6.03 Å². The number of rotatable bonds is 6. The molecule has 2 aromatic rings. The van der Waals surface area contributed by atoms with Crippen molar-refractivity contribution in [1.29, 1.82) is 0 Å². The quantitative estimate of drug-likeness (QED) is 0.282. The van der Waals surface area contributed by atoms with E-state index in [1.165, 1.54) is 5.69 Å². The maximum absolute atomic E-state index is 11.8. The van der Waals surface area contributed by atoms with Crippen molar-refractivity contribution in [2.75, 3.05) is 50.6 Å². The number of nitrogens with zero attached hydrogens (tertiary/aromatic N) is 3. The van der Waals surface area contributed by atoms with Gasteiger partial charge in [0, 0.05) is 63.3 Å². The van der Waals surface area contributed by atoms with E-state index in [1.807, 2.05) is 57.3 Å². The molecule has 0 atom stereocenters. The Hall–Kier alpha value is -2.69. The average Bonchev–Trinajstić information content (AvgIpc) is 2.80. The Bertz CT molecular complexity index is 911. The molecule has 0 bridgehead atoms. The highest BCUT2D eigenvalue weighted by molar-refractivity contribution is 14.0. The number of anilines is 2. The number of hydrogen-bond acceptors (Lipinski definition) is 4. The van der Waals surface area contributed by atoms with E-state index in [1.54, 1.807) is 7.11 Å². The largest absolute Gasteiger partial charge is 0.497 e. The minimum atomic E-state index is -0.195. The maximum atomic E-state index is 11.8. The van der Waals surface area contributed by atoms with Crippen LogP contribution in [0.3, 0.4) is 0 Å². The second-order valence-corrected chi connectivity index (χ2v) is 8.03. The van der Waals surface area contributed by atoms with Gasteiger partial charge in [0.25, 0.3) is 0 Å². The number of hydrogen-bond donors (Lipinski definition) is 3. The van der Waals surface area contributed by atoms with Crippen LogP contribution in [0.5, 0.6) is 5.75 Å². The summed E-state index contributed by atoms with van der Waals surface area (Å²) < 4.78 is 5.35. The van der Waals surface area contributed by atoms with Crippen molar-refractivity contribution in [2.45, 2.75) is 26.4 Å². The van der Waals surface area contributed by atoms with Gasteiger partial charge in [-0.3, -0.25) is 4.99 Å². The highest BCUT2D eigenvalue weighted by Gasteiger charge is 2.20. The van der Waals surface area contributed by atoms with Gasteiger partial charge in [0.15, 0.2) is 5.96 Å². The lowest BCUT2D eigenvalue weighted by Gasteiger charge is -2.37. The Balaban J connectivity index is 0.00000385. The zero-order valence-electron chi connectivity index (χ0n) is 19.8. The number of carbonyl (C=O) groups is 1. The van der Waals surface area contributed by atoms with Gasteiger partial charge in [-0.25, -0.2) is 4.79 Å². The number of methoxy groups -OCH3 is 1. The van der Waals surface area contributed by atoms with Gasteiger partial charge in [0.05, 0.1) is 7.11 Å². The van der Waals surface area contributed by atoms with E-state index < -0.39 is 0 Å². The van der Waals surface area contributed by atoms with E-state index in [0.29, 0.717) is 6.54 Å². The number of urea groups is 1. The van der Waals surface area contributed by atoms with Crippen molar-refractivity contribution in [2.24, 2.45) is 4.99 Å². The Morgan fingerprint density at radius 2 is 1.79 bits per heavy atom. The molecule has 2 aromatic carbocycles. The Morgan fingerprint density at radius 1 is 1.09 bits per heavy atom. The van der Waals surface area contributed by atoms with Crippen molar-refractivity contribution in [3.8, 4) is 5.75 Å². The topological polar surface area (TPSA) is 81.2 Å². The van der Waals surface area contributed by atoms with Crippen LogP contribution in [0.4, 0.5) is 16.2 Å². The Morgan fingerprint density at radius 3 is 2.39 bits per heavy atom. The predicted molar refractivity (Wildman–Crippen MR) is 146 cm³/mol. The summed E-state index contributed by atoms with van der Waals surface area (Å²) in [6, 6.07) is 15.9. The molecule has 0 radical (unpaired) electrons. The second-order valence-electron chi connectivity index (χ2n) is 8.03. The van der Waals surface area contributed by atoms with Gasteiger partial charge in [0.2, 0.25) is 0 Å². The first kappa shape index (κ1) is 26.6. The van der Waals surface area contributed by atoms with Crippen molar-refractivity contribution in [3.63, 3.8) is 0 Å². The average molecular weight is 566 g/mol. The van der Waals surface area contributed by atoms with Crippen molar-refractivity contribution >= 4 is 47.3 Å². The van der Waals surface area contributed by atoms with Gasteiger partial charge in [-0.1, -0.05) is 18.2 Å². The van der Waals surface area contributed by atoms with Crippen LogP contribution >= 0.6 is 24.0 Å². The number of guanidine groups is 1. The minimum absolute atomic E-state index is 0. The summed E-state index contributed by atoms with van der Waals surface area (Å²) >= 11 is 0. The number of benzene rings is 2. The first-order valence-corrected chi connectivity index (χ1v) is 11.0. The van der Waals surface area contributed by atoms with Crippen LogP contribution in [-0.4, -0.2) is 63.3 Å². The fraction of sp³-hybridized carbons (Fsp3) is 0.417. The predicted octanol–water partition coefficient (Wildman–Crippen LogP) is 3.74. The number of nitrogens with one attached hydrogen (secondary N) is 3. The molecule has 0 aromatic heterocycles. The first-order chi connectivity index (χ1) is 15.5. The Labute approximate surface area is 213 Å².